The number of nitrogens with one attached hydrogen (secondary N) is 1. The lowest BCUT2D eigenvalue weighted by Gasteiger charge is -2.16. The maximum atomic E-state index is 13.5. The summed E-state index contributed by atoms with van der Waals surface area (Å²) in [7, 11) is 0. The minimum Gasteiger partial charge on any atom is -0.494 e. The van der Waals surface area contributed by atoms with Crippen molar-refractivity contribution in [3.05, 3.63) is 95.2 Å². The van der Waals surface area contributed by atoms with Gasteiger partial charge in [-0.2, -0.15) is 0 Å². The lowest BCUT2D eigenvalue weighted by molar-refractivity contribution is -0.120. The van der Waals surface area contributed by atoms with Crippen molar-refractivity contribution in [3.8, 4) is 5.75 Å². The van der Waals surface area contributed by atoms with Crippen molar-refractivity contribution < 1.29 is 14.3 Å². The zero-order valence-corrected chi connectivity index (χ0v) is 18.5. The maximum Gasteiger partial charge on any atom is 0.282 e. The fourth-order valence-corrected chi connectivity index (χ4v) is 3.72. The van der Waals surface area contributed by atoms with Gasteiger partial charge in [-0.3, -0.25) is 9.59 Å². The van der Waals surface area contributed by atoms with E-state index in [1.54, 1.807) is 6.07 Å². The molecule has 0 saturated carbocycles. The first-order valence-electron chi connectivity index (χ1n) is 10.7. The topological polar surface area (TPSA) is 58.6 Å². The summed E-state index contributed by atoms with van der Waals surface area (Å²) in [6.07, 6.45) is 0.913. The summed E-state index contributed by atoms with van der Waals surface area (Å²) in [5.41, 5.74) is 4.63. The Morgan fingerprint density at radius 1 is 0.844 bits per heavy atom. The van der Waals surface area contributed by atoms with Gasteiger partial charge in [-0.25, -0.2) is 4.90 Å². The number of ether oxygens (including phenoxy) is 1. The van der Waals surface area contributed by atoms with Crippen molar-refractivity contribution in [1.29, 1.82) is 0 Å². The highest BCUT2D eigenvalue weighted by Gasteiger charge is 2.40. The maximum absolute atomic E-state index is 13.5. The summed E-state index contributed by atoms with van der Waals surface area (Å²) in [5, 5.41) is 3.21. The van der Waals surface area contributed by atoms with E-state index in [1.165, 1.54) is 4.90 Å². The van der Waals surface area contributed by atoms with Crippen LogP contribution in [0.5, 0.6) is 5.75 Å². The first kappa shape index (κ1) is 21.4. The molecule has 5 nitrogen and oxygen atoms in total. The highest BCUT2D eigenvalue weighted by atomic mass is 16.5. The molecule has 0 bridgehead atoms. The molecule has 3 aromatic carbocycles. The van der Waals surface area contributed by atoms with Crippen LogP contribution in [0.2, 0.25) is 0 Å². The molecule has 32 heavy (non-hydrogen) atoms. The monoisotopic (exact) mass is 426 g/mol. The summed E-state index contributed by atoms with van der Waals surface area (Å²) in [6, 6.07) is 22.4. The van der Waals surface area contributed by atoms with E-state index in [9.17, 15) is 9.59 Å². The van der Waals surface area contributed by atoms with Crippen LogP contribution in [0, 0.1) is 13.8 Å². The van der Waals surface area contributed by atoms with Gasteiger partial charge in [0.15, 0.2) is 0 Å². The summed E-state index contributed by atoms with van der Waals surface area (Å²) in [6.45, 7) is 6.59. The molecule has 0 fully saturated rings. The Morgan fingerprint density at radius 3 is 2.19 bits per heavy atom. The fraction of sp³-hybridized carbons (Fsp3) is 0.185. The number of rotatable bonds is 7. The molecule has 1 heterocycles. The first-order chi connectivity index (χ1) is 15.5. The summed E-state index contributed by atoms with van der Waals surface area (Å²) in [4.78, 5) is 28.2. The third-order valence-corrected chi connectivity index (χ3v) is 5.25. The number of carbonyl (C=O) groups excluding carboxylic acids is 2. The van der Waals surface area contributed by atoms with Gasteiger partial charge in [0, 0.05) is 5.69 Å². The molecule has 4 rings (SSSR count). The van der Waals surface area contributed by atoms with E-state index in [0.717, 1.165) is 29.0 Å². The van der Waals surface area contributed by atoms with Crippen molar-refractivity contribution in [1.82, 2.24) is 0 Å². The molecular formula is C27H26N2O3. The third kappa shape index (κ3) is 4.28. The van der Waals surface area contributed by atoms with Crippen molar-refractivity contribution in [3.63, 3.8) is 0 Å². The van der Waals surface area contributed by atoms with Crippen molar-refractivity contribution in [2.75, 3.05) is 16.8 Å². The second kappa shape index (κ2) is 9.10. The molecule has 1 aliphatic rings. The molecular weight excluding hydrogens is 400 g/mol. The normalized spacial score (nSPS) is 13.7. The van der Waals surface area contributed by atoms with Crippen LogP contribution < -0.4 is 15.0 Å². The van der Waals surface area contributed by atoms with E-state index < -0.39 is 0 Å². The standard InChI is InChI=1S/C27H26N2O3/c1-4-15-32-23-13-11-20(12-14-23)24-25(28-21-9-5-7-18(2)16-21)27(31)29(26(24)30)22-10-6-8-19(3)17-22/h5-14,16-17,28H,4,15H2,1-3H3. The van der Waals surface area contributed by atoms with Gasteiger partial charge in [-0.15, -0.1) is 0 Å². The Labute approximate surface area is 188 Å². The van der Waals surface area contributed by atoms with E-state index in [0.29, 0.717) is 23.4 Å². The molecule has 0 atom stereocenters. The average Bonchev–Trinajstić information content (AvgIpc) is 3.02. The Bertz CT molecular complexity index is 1200. The Hall–Kier alpha value is -3.86. The first-order valence-corrected chi connectivity index (χ1v) is 10.7. The van der Waals surface area contributed by atoms with Gasteiger partial charge in [0.2, 0.25) is 0 Å². The Kier molecular flexibility index (Phi) is 6.08. The largest absolute Gasteiger partial charge is 0.494 e. The molecule has 1 N–H and O–H groups in total. The van der Waals surface area contributed by atoms with E-state index in [4.69, 9.17) is 4.74 Å². The minimum absolute atomic E-state index is 0.268. The molecule has 0 aliphatic carbocycles. The predicted molar refractivity (Wildman–Crippen MR) is 128 cm³/mol. The minimum atomic E-state index is -0.372. The van der Waals surface area contributed by atoms with Gasteiger partial charge >= 0.3 is 0 Å². The summed E-state index contributed by atoms with van der Waals surface area (Å²) < 4.78 is 5.67. The number of anilines is 2. The smallest absolute Gasteiger partial charge is 0.282 e. The van der Waals surface area contributed by atoms with Gasteiger partial charge in [0.1, 0.15) is 11.4 Å². The molecule has 1 aliphatic heterocycles. The van der Waals surface area contributed by atoms with Crippen LogP contribution >= 0.6 is 0 Å². The molecule has 0 radical (unpaired) electrons. The molecule has 2 amide bonds. The average molecular weight is 427 g/mol. The van der Waals surface area contributed by atoms with Crippen LogP contribution in [0.15, 0.2) is 78.5 Å². The lowest BCUT2D eigenvalue weighted by atomic mass is 10.0. The van der Waals surface area contributed by atoms with Crippen molar-refractivity contribution in [2.24, 2.45) is 0 Å². The van der Waals surface area contributed by atoms with Gasteiger partial charge in [-0.05, 0) is 73.4 Å². The fourth-order valence-electron chi connectivity index (χ4n) is 3.72. The second-order valence-electron chi connectivity index (χ2n) is 7.90. The van der Waals surface area contributed by atoms with E-state index in [2.05, 4.69) is 5.32 Å². The Balaban J connectivity index is 1.77. The van der Waals surface area contributed by atoms with Gasteiger partial charge in [0.05, 0.1) is 17.9 Å². The van der Waals surface area contributed by atoms with Crippen LogP contribution in [0.1, 0.15) is 30.0 Å². The lowest BCUT2D eigenvalue weighted by Crippen LogP contribution is -2.32. The van der Waals surface area contributed by atoms with Crippen LogP contribution in [-0.2, 0) is 9.59 Å². The van der Waals surface area contributed by atoms with Crippen LogP contribution in [0.4, 0.5) is 11.4 Å². The van der Waals surface area contributed by atoms with Crippen LogP contribution in [-0.4, -0.2) is 18.4 Å². The number of amides is 2. The molecule has 5 heteroatoms. The number of nitrogens with zero attached hydrogens (tertiary/aromatic N) is 1. The summed E-state index contributed by atoms with van der Waals surface area (Å²) >= 11 is 0. The zero-order chi connectivity index (χ0) is 22.7. The second-order valence-corrected chi connectivity index (χ2v) is 7.90. The SMILES string of the molecule is CCCOc1ccc(C2=C(Nc3cccc(C)c3)C(=O)N(c3cccc(C)c3)C2=O)cc1. The molecule has 0 unspecified atom stereocenters. The number of aryl methyl sites for hydroxylation is 2. The van der Waals surface area contributed by atoms with E-state index >= 15 is 0 Å². The highest BCUT2D eigenvalue weighted by molar-refractivity contribution is 6.46. The van der Waals surface area contributed by atoms with Gasteiger partial charge < -0.3 is 10.1 Å². The van der Waals surface area contributed by atoms with E-state index in [-0.39, 0.29) is 17.5 Å². The molecule has 0 spiro atoms. The van der Waals surface area contributed by atoms with Crippen molar-refractivity contribution >= 4 is 28.8 Å². The molecule has 3 aromatic rings. The van der Waals surface area contributed by atoms with Crippen molar-refractivity contribution in [2.45, 2.75) is 27.2 Å². The third-order valence-electron chi connectivity index (χ3n) is 5.25. The molecule has 0 saturated heterocycles. The predicted octanol–water partition coefficient (Wildman–Crippen LogP) is 5.49. The highest BCUT2D eigenvalue weighted by Crippen LogP contribution is 2.34. The molecule has 162 valence electrons. The van der Waals surface area contributed by atoms with Gasteiger partial charge in [0.25, 0.3) is 11.8 Å². The van der Waals surface area contributed by atoms with Crippen LogP contribution in [0.25, 0.3) is 5.57 Å². The van der Waals surface area contributed by atoms with Crippen LogP contribution in [0.3, 0.4) is 0 Å². The number of hydrogen-bond acceptors (Lipinski definition) is 4. The summed E-state index contributed by atoms with van der Waals surface area (Å²) in [5.74, 6) is 0.0121. The van der Waals surface area contributed by atoms with E-state index in [1.807, 2.05) is 87.5 Å². The number of carbonyl (C=O) groups is 2. The Morgan fingerprint density at radius 2 is 1.53 bits per heavy atom. The quantitative estimate of drug-likeness (QED) is 0.508. The number of imide groups is 1. The zero-order valence-electron chi connectivity index (χ0n) is 18.5. The molecule has 0 aromatic heterocycles. The van der Waals surface area contributed by atoms with Gasteiger partial charge in [-0.1, -0.05) is 43.3 Å². The number of benzene rings is 3. The number of hydrogen-bond donors (Lipinski definition) is 1.